The number of alkyl halides is 1. The lowest BCUT2D eigenvalue weighted by Gasteiger charge is -2.07. The van der Waals surface area contributed by atoms with Crippen molar-refractivity contribution in [3.05, 3.63) is 17.2 Å². The molecule has 0 bridgehead atoms. The van der Waals surface area contributed by atoms with Gasteiger partial charge >= 0.3 is 6.03 Å². The number of imide groups is 1. The molecule has 0 spiro atoms. The molecular formula is C9H6Cl2N4O2S. The average Bonchev–Trinajstić information content (AvgIpc) is 2.81. The molecule has 0 radical (unpaired) electrons. The van der Waals surface area contributed by atoms with Gasteiger partial charge in [0.15, 0.2) is 0 Å². The number of benzene rings is 1. The number of nitrogens with zero attached hydrogens (tertiary/aromatic N) is 2. The van der Waals surface area contributed by atoms with Crippen molar-refractivity contribution in [1.82, 2.24) is 14.1 Å². The highest BCUT2D eigenvalue weighted by molar-refractivity contribution is 7.00. The molecular weight excluding hydrogens is 299 g/mol. The first kappa shape index (κ1) is 13.0. The Morgan fingerprint density at radius 1 is 1.33 bits per heavy atom. The fourth-order valence-electron chi connectivity index (χ4n) is 1.25. The summed E-state index contributed by atoms with van der Waals surface area (Å²) in [4.78, 5) is 22.4. The standard InChI is InChI=1S/C9H6Cl2N4O2S/c10-3-6(16)12-9(17)13-7-4(11)1-2-5-8(7)15-18-14-5/h1-2H,3H2,(H2,12,13,16,17). The van der Waals surface area contributed by atoms with Crippen molar-refractivity contribution < 1.29 is 9.59 Å². The minimum atomic E-state index is -0.719. The summed E-state index contributed by atoms with van der Waals surface area (Å²) in [5, 5.41) is 4.79. The molecule has 18 heavy (non-hydrogen) atoms. The van der Waals surface area contributed by atoms with Crippen LogP contribution >= 0.6 is 34.9 Å². The van der Waals surface area contributed by atoms with Gasteiger partial charge in [-0.3, -0.25) is 10.1 Å². The lowest BCUT2D eigenvalue weighted by Crippen LogP contribution is -2.35. The van der Waals surface area contributed by atoms with Crippen molar-refractivity contribution in [3.8, 4) is 0 Å². The van der Waals surface area contributed by atoms with E-state index in [-0.39, 0.29) is 5.88 Å². The zero-order chi connectivity index (χ0) is 13.1. The van der Waals surface area contributed by atoms with Gasteiger partial charge in [0.05, 0.1) is 22.4 Å². The Balaban J connectivity index is 2.25. The molecule has 2 N–H and O–H groups in total. The molecule has 0 saturated carbocycles. The van der Waals surface area contributed by atoms with E-state index in [1.807, 2.05) is 5.32 Å². The van der Waals surface area contributed by atoms with Crippen LogP contribution in [0.3, 0.4) is 0 Å². The van der Waals surface area contributed by atoms with Crippen LogP contribution in [0.1, 0.15) is 0 Å². The number of carbonyl (C=O) groups excluding carboxylic acids is 2. The van der Waals surface area contributed by atoms with Crippen molar-refractivity contribution in [2.45, 2.75) is 0 Å². The molecule has 2 aromatic rings. The minimum Gasteiger partial charge on any atom is -0.304 e. The molecule has 1 aromatic heterocycles. The zero-order valence-corrected chi connectivity index (χ0v) is 11.1. The maximum atomic E-state index is 11.5. The zero-order valence-electron chi connectivity index (χ0n) is 8.74. The second kappa shape index (κ2) is 5.47. The summed E-state index contributed by atoms with van der Waals surface area (Å²) in [6.07, 6.45) is 0. The van der Waals surface area contributed by atoms with Gasteiger partial charge in [-0.25, -0.2) is 4.79 Å². The Morgan fingerprint density at radius 2 is 2.11 bits per heavy atom. The second-order valence-corrected chi connectivity index (χ2v) is 4.39. The van der Waals surface area contributed by atoms with Gasteiger partial charge < -0.3 is 5.32 Å². The van der Waals surface area contributed by atoms with E-state index in [0.29, 0.717) is 21.7 Å². The lowest BCUT2D eigenvalue weighted by molar-refractivity contribution is -0.117. The maximum absolute atomic E-state index is 11.5. The molecule has 1 aromatic carbocycles. The van der Waals surface area contributed by atoms with Crippen molar-refractivity contribution in [2.24, 2.45) is 0 Å². The number of halogens is 2. The molecule has 0 aliphatic carbocycles. The van der Waals surface area contributed by atoms with E-state index in [0.717, 1.165) is 11.7 Å². The molecule has 2 rings (SSSR count). The molecule has 1 heterocycles. The van der Waals surface area contributed by atoms with Crippen molar-refractivity contribution >= 4 is 63.6 Å². The normalized spacial score (nSPS) is 10.3. The first-order valence-electron chi connectivity index (χ1n) is 4.69. The number of hydrogen-bond acceptors (Lipinski definition) is 5. The molecule has 0 aliphatic rings. The third-order valence-electron chi connectivity index (χ3n) is 1.99. The van der Waals surface area contributed by atoms with E-state index >= 15 is 0 Å². The van der Waals surface area contributed by atoms with Gasteiger partial charge in [0.2, 0.25) is 5.91 Å². The number of fused-ring (bicyclic) bond motifs is 1. The monoisotopic (exact) mass is 304 g/mol. The van der Waals surface area contributed by atoms with E-state index in [4.69, 9.17) is 23.2 Å². The van der Waals surface area contributed by atoms with Gasteiger partial charge in [-0.15, -0.1) is 11.6 Å². The molecule has 3 amide bonds. The maximum Gasteiger partial charge on any atom is 0.326 e. The predicted octanol–water partition coefficient (Wildman–Crippen LogP) is 2.23. The number of aromatic nitrogens is 2. The van der Waals surface area contributed by atoms with E-state index in [9.17, 15) is 9.59 Å². The lowest BCUT2D eigenvalue weighted by atomic mass is 10.2. The average molecular weight is 305 g/mol. The van der Waals surface area contributed by atoms with Crippen molar-refractivity contribution in [2.75, 3.05) is 11.2 Å². The number of carbonyl (C=O) groups is 2. The number of urea groups is 1. The Kier molecular flexibility index (Phi) is 3.95. The van der Waals surface area contributed by atoms with Gasteiger partial charge in [0.25, 0.3) is 0 Å². The van der Waals surface area contributed by atoms with E-state index in [2.05, 4.69) is 14.1 Å². The molecule has 0 aliphatic heterocycles. The van der Waals surface area contributed by atoms with Crippen LogP contribution in [-0.4, -0.2) is 26.6 Å². The summed E-state index contributed by atoms with van der Waals surface area (Å²) in [5.41, 5.74) is 1.40. The SMILES string of the molecule is O=C(CCl)NC(=O)Nc1c(Cl)ccc2nsnc12. The number of amides is 3. The van der Waals surface area contributed by atoms with Gasteiger partial charge in [-0.1, -0.05) is 11.6 Å². The fraction of sp³-hybridized carbons (Fsp3) is 0.111. The van der Waals surface area contributed by atoms with Crippen LogP contribution in [-0.2, 0) is 4.79 Å². The largest absolute Gasteiger partial charge is 0.326 e. The number of hydrogen-bond donors (Lipinski definition) is 2. The molecule has 0 fully saturated rings. The van der Waals surface area contributed by atoms with E-state index in [1.54, 1.807) is 12.1 Å². The molecule has 0 atom stereocenters. The van der Waals surface area contributed by atoms with Gasteiger partial charge in [0.1, 0.15) is 16.9 Å². The Labute approximate surface area is 116 Å². The first-order chi connectivity index (χ1) is 8.61. The van der Waals surface area contributed by atoms with E-state index < -0.39 is 11.9 Å². The number of anilines is 1. The second-order valence-electron chi connectivity index (χ2n) is 3.19. The molecule has 0 saturated heterocycles. The van der Waals surface area contributed by atoms with Gasteiger partial charge in [-0.2, -0.15) is 8.75 Å². The predicted molar refractivity (Wildman–Crippen MR) is 70.3 cm³/mol. The fourth-order valence-corrected chi connectivity index (χ4v) is 2.06. The molecule has 0 unspecified atom stereocenters. The van der Waals surface area contributed by atoms with Crippen LogP contribution in [0.15, 0.2) is 12.1 Å². The van der Waals surface area contributed by atoms with Gasteiger partial charge in [-0.05, 0) is 12.1 Å². The molecule has 6 nitrogen and oxygen atoms in total. The highest BCUT2D eigenvalue weighted by Crippen LogP contribution is 2.29. The Morgan fingerprint density at radius 3 is 2.83 bits per heavy atom. The third kappa shape index (κ3) is 2.69. The highest BCUT2D eigenvalue weighted by atomic mass is 35.5. The Bertz CT molecular complexity index is 616. The Hall–Kier alpha value is -1.44. The summed E-state index contributed by atoms with van der Waals surface area (Å²) in [6, 6.07) is 2.56. The van der Waals surface area contributed by atoms with Crippen LogP contribution < -0.4 is 10.6 Å². The van der Waals surface area contributed by atoms with E-state index in [1.165, 1.54) is 0 Å². The van der Waals surface area contributed by atoms with Crippen molar-refractivity contribution in [1.29, 1.82) is 0 Å². The third-order valence-corrected chi connectivity index (χ3v) is 3.09. The first-order valence-corrected chi connectivity index (χ1v) is 6.33. The number of rotatable bonds is 2. The summed E-state index contributed by atoms with van der Waals surface area (Å²) in [5.74, 6) is -0.905. The smallest absolute Gasteiger partial charge is 0.304 e. The van der Waals surface area contributed by atoms with Crippen LogP contribution in [0.2, 0.25) is 5.02 Å². The van der Waals surface area contributed by atoms with Crippen LogP contribution in [0.4, 0.5) is 10.5 Å². The summed E-state index contributed by atoms with van der Waals surface area (Å²) < 4.78 is 8.04. The minimum absolute atomic E-state index is 0.302. The molecule has 94 valence electrons. The van der Waals surface area contributed by atoms with Crippen LogP contribution in [0.5, 0.6) is 0 Å². The van der Waals surface area contributed by atoms with Crippen LogP contribution in [0, 0.1) is 0 Å². The topological polar surface area (TPSA) is 84.0 Å². The van der Waals surface area contributed by atoms with Crippen LogP contribution in [0.25, 0.3) is 11.0 Å². The number of nitrogens with one attached hydrogen (secondary N) is 2. The van der Waals surface area contributed by atoms with Crippen molar-refractivity contribution in [3.63, 3.8) is 0 Å². The summed E-state index contributed by atoms with van der Waals surface area (Å²) in [7, 11) is 0. The van der Waals surface area contributed by atoms with Gasteiger partial charge in [0, 0.05) is 0 Å². The quantitative estimate of drug-likeness (QED) is 0.833. The summed E-state index contributed by atoms with van der Waals surface area (Å²) in [6.45, 7) is 0. The summed E-state index contributed by atoms with van der Waals surface area (Å²) >= 11 is 12.2. The highest BCUT2D eigenvalue weighted by Gasteiger charge is 2.14. The molecule has 9 heteroatoms.